The molecule has 1 aromatic heterocycles. The Kier molecular flexibility index (Phi) is 2.43. The molecular weight excluding hydrogens is 194 g/mol. The minimum Gasteiger partial charge on any atom is -0.481 e. The Hall–Kier alpha value is -1.81. The van der Waals surface area contributed by atoms with Gasteiger partial charge in [0.05, 0.1) is 13.0 Å². The average molecular weight is 205 g/mol. The van der Waals surface area contributed by atoms with Crippen molar-refractivity contribution in [3.63, 3.8) is 0 Å². The summed E-state index contributed by atoms with van der Waals surface area (Å²) in [7, 11) is 0. The van der Waals surface area contributed by atoms with Crippen molar-refractivity contribution in [2.75, 3.05) is 0 Å². The number of hydrogen-bond acceptors (Lipinski definition) is 2. The highest BCUT2D eigenvalue weighted by molar-refractivity contribution is 5.88. The number of aliphatic hydroxyl groups excluding tert-OH is 1. The van der Waals surface area contributed by atoms with Crippen LogP contribution in [-0.4, -0.2) is 21.2 Å². The van der Waals surface area contributed by atoms with Gasteiger partial charge in [-0.3, -0.25) is 4.79 Å². The third kappa shape index (κ3) is 1.71. The van der Waals surface area contributed by atoms with Crippen LogP contribution < -0.4 is 0 Å². The molecule has 4 nitrogen and oxygen atoms in total. The second-order valence-electron chi connectivity index (χ2n) is 3.36. The number of rotatable bonds is 3. The number of aromatic amines is 1. The Bertz CT molecular complexity index is 502. The highest BCUT2D eigenvalue weighted by atomic mass is 16.4. The fraction of sp³-hybridized carbons (Fsp3) is 0.182. The zero-order chi connectivity index (χ0) is 10.8. The number of aliphatic hydroxyl groups is 1. The first kappa shape index (κ1) is 9.73. The number of nitrogens with one attached hydrogen (secondary N) is 1. The standard InChI is InChI=1S/C11H11NO3/c13-6-10-8(5-11(14)15)7-3-1-2-4-9(7)12-10/h1-4,12-13H,5-6H2,(H,14,15). The van der Waals surface area contributed by atoms with Crippen LogP contribution in [-0.2, 0) is 17.8 Å². The first-order valence-corrected chi connectivity index (χ1v) is 4.63. The summed E-state index contributed by atoms with van der Waals surface area (Å²) in [6, 6.07) is 7.43. The van der Waals surface area contributed by atoms with E-state index in [0.717, 1.165) is 10.9 Å². The summed E-state index contributed by atoms with van der Waals surface area (Å²) in [4.78, 5) is 13.7. The van der Waals surface area contributed by atoms with Crippen LogP contribution >= 0.6 is 0 Å². The van der Waals surface area contributed by atoms with Gasteiger partial charge in [-0.2, -0.15) is 0 Å². The van der Waals surface area contributed by atoms with Gasteiger partial charge in [0.25, 0.3) is 0 Å². The van der Waals surface area contributed by atoms with E-state index in [1.54, 1.807) is 0 Å². The number of carboxylic acid groups (broad SMARTS) is 1. The van der Waals surface area contributed by atoms with Crippen molar-refractivity contribution in [3.05, 3.63) is 35.5 Å². The molecule has 0 amide bonds. The number of carboxylic acids is 1. The van der Waals surface area contributed by atoms with Gasteiger partial charge in [0.1, 0.15) is 0 Å². The summed E-state index contributed by atoms with van der Waals surface area (Å²) in [5, 5.41) is 18.7. The van der Waals surface area contributed by atoms with E-state index in [-0.39, 0.29) is 13.0 Å². The average Bonchev–Trinajstić information content (AvgIpc) is 2.56. The molecule has 0 aliphatic carbocycles. The summed E-state index contributed by atoms with van der Waals surface area (Å²) in [6.45, 7) is -0.169. The molecular formula is C11H11NO3. The Morgan fingerprint density at radius 3 is 2.73 bits per heavy atom. The predicted octanol–water partition coefficient (Wildman–Crippen LogP) is 1.29. The molecule has 78 valence electrons. The third-order valence-corrected chi connectivity index (χ3v) is 2.39. The summed E-state index contributed by atoms with van der Waals surface area (Å²) < 4.78 is 0. The number of fused-ring (bicyclic) bond motifs is 1. The molecule has 3 N–H and O–H groups in total. The van der Waals surface area contributed by atoms with E-state index >= 15 is 0 Å². The zero-order valence-electron chi connectivity index (χ0n) is 8.03. The van der Waals surface area contributed by atoms with Crippen molar-refractivity contribution in [1.82, 2.24) is 4.98 Å². The Balaban J connectivity index is 2.61. The fourth-order valence-corrected chi connectivity index (χ4v) is 1.74. The maximum Gasteiger partial charge on any atom is 0.307 e. The molecule has 1 heterocycles. The summed E-state index contributed by atoms with van der Waals surface area (Å²) >= 11 is 0. The van der Waals surface area contributed by atoms with Gasteiger partial charge in [-0.05, 0) is 11.6 Å². The molecule has 0 saturated heterocycles. The normalized spacial score (nSPS) is 10.7. The highest BCUT2D eigenvalue weighted by Gasteiger charge is 2.12. The van der Waals surface area contributed by atoms with Crippen molar-refractivity contribution in [2.24, 2.45) is 0 Å². The molecule has 15 heavy (non-hydrogen) atoms. The van der Waals surface area contributed by atoms with Gasteiger partial charge < -0.3 is 15.2 Å². The van der Waals surface area contributed by atoms with Crippen molar-refractivity contribution < 1.29 is 15.0 Å². The smallest absolute Gasteiger partial charge is 0.307 e. The zero-order valence-corrected chi connectivity index (χ0v) is 8.03. The van der Waals surface area contributed by atoms with Crippen molar-refractivity contribution in [2.45, 2.75) is 13.0 Å². The molecule has 0 fully saturated rings. The van der Waals surface area contributed by atoms with Crippen molar-refractivity contribution >= 4 is 16.9 Å². The van der Waals surface area contributed by atoms with Crippen LogP contribution in [0, 0.1) is 0 Å². The monoisotopic (exact) mass is 205 g/mol. The van der Waals surface area contributed by atoms with Crippen LogP contribution in [0.15, 0.2) is 24.3 Å². The highest BCUT2D eigenvalue weighted by Crippen LogP contribution is 2.22. The van der Waals surface area contributed by atoms with Gasteiger partial charge in [-0.1, -0.05) is 18.2 Å². The summed E-state index contributed by atoms with van der Waals surface area (Å²) in [5.41, 5.74) is 2.11. The number of aliphatic carboxylic acids is 1. The second kappa shape index (κ2) is 3.74. The van der Waals surface area contributed by atoms with Crippen LogP contribution in [0.25, 0.3) is 10.9 Å². The van der Waals surface area contributed by atoms with E-state index in [1.165, 1.54) is 0 Å². The predicted molar refractivity (Wildman–Crippen MR) is 55.6 cm³/mol. The Labute approximate surface area is 86.2 Å². The van der Waals surface area contributed by atoms with Crippen LogP contribution in [0.1, 0.15) is 11.3 Å². The molecule has 2 rings (SSSR count). The third-order valence-electron chi connectivity index (χ3n) is 2.39. The van der Waals surface area contributed by atoms with E-state index < -0.39 is 5.97 Å². The van der Waals surface area contributed by atoms with Gasteiger partial charge >= 0.3 is 5.97 Å². The van der Waals surface area contributed by atoms with Gasteiger partial charge in [0, 0.05) is 16.6 Å². The lowest BCUT2D eigenvalue weighted by molar-refractivity contribution is -0.136. The van der Waals surface area contributed by atoms with E-state index in [2.05, 4.69) is 4.98 Å². The molecule has 0 aliphatic rings. The first-order valence-electron chi connectivity index (χ1n) is 4.63. The van der Waals surface area contributed by atoms with Crippen molar-refractivity contribution in [1.29, 1.82) is 0 Å². The molecule has 2 aromatic rings. The SMILES string of the molecule is O=C(O)Cc1c(CO)[nH]c2ccccc12. The number of benzene rings is 1. The number of hydrogen-bond donors (Lipinski definition) is 3. The molecule has 1 aromatic carbocycles. The largest absolute Gasteiger partial charge is 0.481 e. The van der Waals surface area contributed by atoms with Crippen LogP contribution in [0.4, 0.5) is 0 Å². The van der Waals surface area contributed by atoms with Gasteiger partial charge in [-0.25, -0.2) is 0 Å². The van der Waals surface area contributed by atoms with Crippen LogP contribution in [0.2, 0.25) is 0 Å². The van der Waals surface area contributed by atoms with E-state index in [4.69, 9.17) is 10.2 Å². The fourth-order valence-electron chi connectivity index (χ4n) is 1.74. The molecule has 0 atom stereocenters. The summed E-state index contributed by atoms with van der Waals surface area (Å²) in [6.07, 6.45) is -0.0695. The van der Waals surface area contributed by atoms with Gasteiger partial charge in [0.15, 0.2) is 0 Å². The molecule has 4 heteroatoms. The molecule has 0 unspecified atom stereocenters. The van der Waals surface area contributed by atoms with Gasteiger partial charge in [-0.15, -0.1) is 0 Å². The lowest BCUT2D eigenvalue weighted by atomic mass is 10.1. The summed E-state index contributed by atoms with van der Waals surface area (Å²) in [5.74, 6) is -0.894. The van der Waals surface area contributed by atoms with Crippen molar-refractivity contribution in [3.8, 4) is 0 Å². The maximum atomic E-state index is 10.7. The topological polar surface area (TPSA) is 73.3 Å². The Morgan fingerprint density at radius 1 is 1.33 bits per heavy atom. The van der Waals surface area contributed by atoms with E-state index in [0.29, 0.717) is 11.3 Å². The molecule has 0 aliphatic heterocycles. The van der Waals surface area contributed by atoms with E-state index in [9.17, 15) is 4.79 Å². The van der Waals surface area contributed by atoms with Gasteiger partial charge in [0.2, 0.25) is 0 Å². The quantitative estimate of drug-likeness (QED) is 0.706. The first-order chi connectivity index (χ1) is 7.22. The van der Waals surface area contributed by atoms with Crippen LogP contribution in [0.5, 0.6) is 0 Å². The molecule has 0 spiro atoms. The number of aromatic nitrogens is 1. The maximum absolute atomic E-state index is 10.7. The molecule has 0 bridgehead atoms. The molecule has 0 saturated carbocycles. The second-order valence-corrected chi connectivity index (χ2v) is 3.36. The van der Waals surface area contributed by atoms with E-state index in [1.807, 2.05) is 24.3 Å². The lowest BCUT2D eigenvalue weighted by Gasteiger charge is -1.97. The molecule has 0 radical (unpaired) electrons. The number of para-hydroxylation sites is 1. The number of H-pyrrole nitrogens is 1. The number of carbonyl (C=O) groups is 1. The Morgan fingerprint density at radius 2 is 2.07 bits per heavy atom. The minimum absolute atomic E-state index is 0.0695. The minimum atomic E-state index is -0.894. The van der Waals surface area contributed by atoms with Crippen LogP contribution in [0.3, 0.4) is 0 Å². The lowest BCUT2D eigenvalue weighted by Crippen LogP contribution is -2.02.